The first-order valence-corrected chi connectivity index (χ1v) is 5.27. The van der Waals surface area contributed by atoms with Gasteiger partial charge < -0.3 is 5.11 Å². The van der Waals surface area contributed by atoms with Gasteiger partial charge in [-0.15, -0.1) is 0 Å². The summed E-state index contributed by atoms with van der Waals surface area (Å²) >= 11 is 0. The Kier molecular flexibility index (Phi) is 4.95. The van der Waals surface area contributed by atoms with Gasteiger partial charge in [0.25, 0.3) is 0 Å². The van der Waals surface area contributed by atoms with E-state index >= 15 is 0 Å². The molecular weight excluding hydrogens is 206 g/mol. The van der Waals surface area contributed by atoms with Gasteiger partial charge in [0.15, 0.2) is 0 Å². The van der Waals surface area contributed by atoms with E-state index in [-0.39, 0.29) is 6.10 Å². The average Bonchev–Trinajstić information content (AvgIpc) is 2.25. The molecule has 1 aromatic rings. The van der Waals surface area contributed by atoms with Crippen LogP contribution in [0.3, 0.4) is 0 Å². The van der Waals surface area contributed by atoms with Gasteiger partial charge in [0.1, 0.15) is 6.04 Å². The van der Waals surface area contributed by atoms with Crippen LogP contribution < -0.4 is 5.48 Å². The van der Waals surface area contributed by atoms with Crippen LogP contribution in [0.1, 0.15) is 19.4 Å². The fraction of sp³-hybridized carbons (Fsp3) is 0.417. The Morgan fingerprint density at radius 1 is 1.38 bits per heavy atom. The predicted octanol–water partition coefficient (Wildman–Crippen LogP) is 1.61. The smallest absolute Gasteiger partial charge is 0.323 e. The molecule has 0 aliphatic rings. The Balaban J connectivity index is 2.55. The van der Waals surface area contributed by atoms with Crippen LogP contribution in [0.2, 0.25) is 0 Å². The first-order chi connectivity index (χ1) is 7.59. The van der Waals surface area contributed by atoms with Crippen molar-refractivity contribution in [3.05, 3.63) is 35.9 Å². The molecule has 0 saturated heterocycles. The largest absolute Gasteiger partial charge is 0.480 e. The molecule has 0 spiro atoms. The van der Waals surface area contributed by atoms with E-state index in [1.54, 1.807) is 0 Å². The molecule has 1 aromatic carbocycles. The van der Waals surface area contributed by atoms with Crippen LogP contribution in [0.15, 0.2) is 30.3 Å². The van der Waals surface area contributed by atoms with Gasteiger partial charge >= 0.3 is 5.97 Å². The normalized spacial score (nSPS) is 12.7. The van der Waals surface area contributed by atoms with E-state index in [4.69, 9.17) is 9.94 Å². The number of nitrogens with one attached hydrogen (secondary N) is 1. The van der Waals surface area contributed by atoms with E-state index in [1.165, 1.54) is 0 Å². The highest BCUT2D eigenvalue weighted by Crippen LogP contribution is 2.03. The van der Waals surface area contributed by atoms with Crippen molar-refractivity contribution in [2.24, 2.45) is 0 Å². The summed E-state index contributed by atoms with van der Waals surface area (Å²) in [6.45, 7) is 3.68. The minimum absolute atomic E-state index is 0.0439. The summed E-state index contributed by atoms with van der Waals surface area (Å²) in [6, 6.07) is 8.75. The predicted molar refractivity (Wildman–Crippen MR) is 60.9 cm³/mol. The van der Waals surface area contributed by atoms with Crippen molar-refractivity contribution in [2.45, 2.75) is 32.4 Å². The molecule has 0 amide bonds. The molecule has 2 N–H and O–H groups in total. The number of rotatable bonds is 6. The molecule has 1 rings (SSSR count). The molecule has 88 valence electrons. The van der Waals surface area contributed by atoms with Crippen LogP contribution in [0.4, 0.5) is 0 Å². The summed E-state index contributed by atoms with van der Waals surface area (Å²) in [5.41, 5.74) is 3.53. The van der Waals surface area contributed by atoms with Gasteiger partial charge in [-0.2, -0.15) is 5.48 Å². The maximum atomic E-state index is 11.0. The van der Waals surface area contributed by atoms with Crippen molar-refractivity contribution in [1.29, 1.82) is 0 Å². The maximum absolute atomic E-state index is 11.0. The fourth-order valence-corrected chi connectivity index (χ4v) is 1.25. The Labute approximate surface area is 95.2 Å². The molecule has 0 saturated carbocycles. The van der Waals surface area contributed by atoms with Crippen LogP contribution >= 0.6 is 0 Å². The van der Waals surface area contributed by atoms with Crippen LogP contribution in [0, 0.1) is 0 Å². The summed E-state index contributed by atoms with van der Waals surface area (Å²) in [5, 5.41) is 9.00. The van der Waals surface area contributed by atoms with Crippen molar-refractivity contribution in [1.82, 2.24) is 5.48 Å². The molecule has 0 heterocycles. The van der Waals surface area contributed by atoms with Crippen molar-refractivity contribution in [3.8, 4) is 0 Å². The van der Waals surface area contributed by atoms with Crippen molar-refractivity contribution in [2.75, 3.05) is 0 Å². The molecule has 4 nitrogen and oxygen atoms in total. The summed E-state index contributed by atoms with van der Waals surface area (Å²) in [7, 11) is 0. The average molecular weight is 223 g/mol. The highest BCUT2D eigenvalue weighted by atomic mass is 16.7. The zero-order chi connectivity index (χ0) is 12.0. The molecule has 0 aromatic heterocycles. The molecule has 1 atom stereocenters. The van der Waals surface area contributed by atoms with E-state index in [0.717, 1.165) is 5.56 Å². The van der Waals surface area contributed by atoms with Gasteiger partial charge in [-0.05, 0) is 19.4 Å². The lowest BCUT2D eigenvalue weighted by atomic mass is 10.1. The van der Waals surface area contributed by atoms with Gasteiger partial charge in [-0.1, -0.05) is 30.3 Å². The molecule has 4 heteroatoms. The Bertz CT molecular complexity index is 324. The maximum Gasteiger partial charge on any atom is 0.323 e. The second-order valence-corrected chi connectivity index (χ2v) is 3.87. The van der Waals surface area contributed by atoms with Crippen LogP contribution in [0.25, 0.3) is 0 Å². The fourth-order valence-electron chi connectivity index (χ4n) is 1.25. The number of benzene rings is 1. The number of hydrogen-bond donors (Lipinski definition) is 2. The van der Waals surface area contributed by atoms with Gasteiger partial charge in [0.05, 0.1) is 6.10 Å². The zero-order valence-electron chi connectivity index (χ0n) is 9.51. The third-order valence-corrected chi connectivity index (χ3v) is 2.03. The van der Waals surface area contributed by atoms with Crippen molar-refractivity contribution < 1.29 is 14.7 Å². The highest BCUT2D eigenvalue weighted by Gasteiger charge is 2.18. The number of carbonyl (C=O) groups is 1. The SMILES string of the molecule is CC(C)ONC(Cc1ccccc1)C(=O)O. The van der Waals surface area contributed by atoms with E-state index in [0.29, 0.717) is 6.42 Å². The van der Waals surface area contributed by atoms with E-state index < -0.39 is 12.0 Å². The number of carboxylic acid groups (broad SMARTS) is 1. The number of aliphatic carboxylic acids is 1. The summed E-state index contributed by atoms with van der Waals surface area (Å²) in [6.07, 6.45) is 0.362. The zero-order valence-corrected chi connectivity index (χ0v) is 9.51. The third-order valence-electron chi connectivity index (χ3n) is 2.03. The summed E-state index contributed by atoms with van der Waals surface area (Å²) in [5.74, 6) is -0.912. The monoisotopic (exact) mass is 223 g/mol. The quantitative estimate of drug-likeness (QED) is 0.719. The topological polar surface area (TPSA) is 58.6 Å². The van der Waals surface area contributed by atoms with Crippen LogP contribution in [-0.4, -0.2) is 23.2 Å². The number of carboxylic acids is 1. The van der Waals surface area contributed by atoms with E-state index in [9.17, 15) is 4.79 Å². The van der Waals surface area contributed by atoms with Gasteiger partial charge in [0.2, 0.25) is 0 Å². The molecule has 0 bridgehead atoms. The lowest BCUT2D eigenvalue weighted by Crippen LogP contribution is -2.39. The minimum Gasteiger partial charge on any atom is -0.480 e. The Morgan fingerprint density at radius 3 is 2.50 bits per heavy atom. The summed E-state index contributed by atoms with van der Waals surface area (Å²) in [4.78, 5) is 16.1. The molecule has 0 fully saturated rings. The van der Waals surface area contributed by atoms with E-state index in [2.05, 4.69) is 5.48 Å². The third kappa shape index (κ3) is 4.42. The van der Waals surface area contributed by atoms with Gasteiger partial charge in [-0.3, -0.25) is 9.63 Å². The molecule has 0 radical (unpaired) electrons. The minimum atomic E-state index is -0.912. The first-order valence-electron chi connectivity index (χ1n) is 5.27. The van der Waals surface area contributed by atoms with E-state index in [1.807, 2.05) is 44.2 Å². The molecular formula is C12H17NO3. The molecule has 16 heavy (non-hydrogen) atoms. The Hall–Kier alpha value is -1.39. The second-order valence-electron chi connectivity index (χ2n) is 3.87. The Morgan fingerprint density at radius 2 is 2.00 bits per heavy atom. The first kappa shape index (κ1) is 12.7. The second kappa shape index (κ2) is 6.25. The summed E-state index contributed by atoms with van der Waals surface area (Å²) < 4.78 is 0. The van der Waals surface area contributed by atoms with Crippen LogP contribution in [0.5, 0.6) is 0 Å². The van der Waals surface area contributed by atoms with Gasteiger partial charge in [0, 0.05) is 6.42 Å². The molecule has 0 aliphatic carbocycles. The lowest BCUT2D eigenvalue weighted by molar-refractivity contribution is -0.145. The number of hydrogen-bond acceptors (Lipinski definition) is 3. The molecule has 0 aliphatic heterocycles. The molecule has 1 unspecified atom stereocenters. The standard InChI is InChI=1S/C12H17NO3/c1-9(2)16-13-11(12(14)15)8-10-6-4-3-5-7-10/h3-7,9,11,13H,8H2,1-2H3,(H,14,15). The number of hydroxylamine groups is 1. The highest BCUT2D eigenvalue weighted by molar-refractivity contribution is 5.73. The van der Waals surface area contributed by atoms with Crippen molar-refractivity contribution >= 4 is 5.97 Å². The lowest BCUT2D eigenvalue weighted by Gasteiger charge is -2.16. The van der Waals surface area contributed by atoms with Crippen LogP contribution in [-0.2, 0) is 16.1 Å². The van der Waals surface area contributed by atoms with Crippen molar-refractivity contribution in [3.63, 3.8) is 0 Å². The van der Waals surface area contributed by atoms with Gasteiger partial charge in [-0.25, -0.2) is 0 Å².